The third kappa shape index (κ3) is 2.54. The number of aryl methyl sites for hydroxylation is 2. The van der Waals surface area contributed by atoms with Gasteiger partial charge in [0.25, 0.3) is 5.91 Å². The number of hydrogen-bond acceptors (Lipinski definition) is 2. The Morgan fingerprint density at radius 3 is 2.83 bits per heavy atom. The molecule has 3 aromatic rings. The van der Waals surface area contributed by atoms with Crippen molar-refractivity contribution in [2.24, 2.45) is 0 Å². The van der Waals surface area contributed by atoms with Crippen LogP contribution in [-0.2, 0) is 12.8 Å². The second-order valence-corrected chi connectivity index (χ2v) is 6.20. The summed E-state index contributed by atoms with van der Waals surface area (Å²) in [6, 6.07) is 13.3. The highest BCUT2D eigenvalue weighted by molar-refractivity contribution is 6.12. The van der Waals surface area contributed by atoms with E-state index in [1.165, 1.54) is 29.5 Å². The van der Waals surface area contributed by atoms with Gasteiger partial charge in [-0.15, -0.1) is 0 Å². The van der Waals surface area contributed by atoms with E-state index < -0.39 is 0 Å². The van der Waals surface area contributed by atoms with Crippen LogP contribution < -0.4 is 10.1 Å². The molecule has 0 saturated carbocycles. The van der Waals surface area contributed by atoms with Crippen LogP contribution in [0.3, 0.4) is 0 Å². The van der Waals surface area contributed by atoms with Gasteiger partial charge in [0.05, 0.1) is 18.2 Å². The maximum atomic E-state index is 12.8. The van der Waals surface area contributed by atoms with Gasteiger partial charge in [0, 0.05) is 22.8 Å². The highest BCUT2D eigenvalue weighted by Gasteiger charge is 2.19. The lowest BCUT2D eigenvalue weighted by atomic mass is 9.95. The van der Waals surface area contributed by atoms with Crippen molar-refractivity contribution in [3.8, 4) is 5.75 Å². The molecule has 24 heavy (non-hydrogen) atoms. The Labute approximate surface area is 140 Å². The quantitative estimate of drug-likeness (QED) is 0.755. The monoisotopic (exact) mass is 320 g/mol. The van der Waals surface area contributed by atoms with Gasteiger partial charge in [0.2, 0.25) is 0 Å². The summed E-state index contributed by atoms with van der Waals surface area (Å²) in [5.41, 5.74) is 5.03. The van der Waals surface area contributed by atoms with Crippen LogP contribution in [0.2, 0.25) is 0 Å². The first-order valence-corrected chi connectivity index (χ1v) is 8.34. The van der Waals surface area contributed by atoms with Gasteiger partial charge in [-0.05, 0) is 49.4 Å². The first-order chi connectivity index (χ1) is 11.8. The number of aromatic amines is 1. The summed E-state index contributed by atoms with van der Waals surface area (Å²) < 4.78 is 5.21. The standard InChI is InChI=1S/C20H20N2O2/c1-24-14-7-4-6-13(12-14)21-20(23)17-10-5-9-16-15-8-2-3-11-18(15)22-19(16)17/h4-7,9-10,12,22H,2-3,8,11H2,1H3,(H,21,23). The number of hydrogen-bond donors (Lipinski definition) is 2. The number of H-pyrrole nitrogens is 1. The van der Waals surface area contributed by atoms with Gasteiger partial charge in [-0.25, -0.2) is 0 Å². The van der Waals surface area contributed by atoms with Crippen LogP contribution in [0.5, 0.6) is 5.75 Å². The highest BCUT2D eigenvalue weighted by atomic mass is 16.5. The van der Waals surface area contributed by atoms with Crippen LogP contribution in [0.25, 0.3) is 10.9 Å². The van der Waals surface area contributed by atoms with Gasteiger partial charge in [0.1, 0.15) is 5.75 Å². The molecule has 4 heteroatoms. The maximum Gasteiger partial charge on any atom is 0.257 e. The van der Waals surface area contributed by atoms with Gasteiger partial charge >= 0.3 is 0 Å². The number of rotatable bonds is 3. The Balaban J connectivity index is 1.70. The van der Waals surface area contributed by atoms with Crippen LogP contribution in [-0.4, -0.2) is 18.0 Å². The average Bonchev–Trinajstić information content (AvgIpc) is 3.00. The van der Waals surface area contributed by atoms with E-state index in [0.717, 1.165) is 29.8 Å². The molecule has 0 saturated heterocycles. The number of amides is 1. The number of carbonyl (C=O) groups excluding carboxylic acids is 1. The molecule has 122 valence electrons. The second kappa shape index (κ2) is 6.04. The van der Waals surface area contributed by atoms with E-state index in [4.69, 9.17) is 4.74 Å². The van der Waals surface area contributed by atoms with Gasteiger partial charge < -0.3 is 15.0 Å². The van der Waals surface area contributed by atoms with Gasteiger partial charge in [-0.3, -0.25) is 4.79 Å². The molecule has 0 aliphatic heterocycles. The Bertz CT molecular complexity index is 911. The van der Waals surface area contributed by atoms with Crippen molar-refractivity contribution >= 4 is 22.5 Å². The molecule has 4 rings (SSSR count). The molecule has 1 amide bonds. The number of benzene rings is 2. The summed E-state index contributed by atoms with van der Waals surface area (Å²) in [5, 5.41) is 4.15. The molecular formula is C20H20N2O2. The number of carbonyl (C=O) groups is 1. The molecule has 0 unspecified atom stereocenters. The molecule has 1 heterocycles. The molecule has 0 fully saturated rings. The molecular weight excluding hydrogens is 300 g/mol. The Morgan fingerprint density at radius 1 is 1.12 bits per heavy atom. The zero-order valence-corrected chi connectivity index (χ0v) is 13.7. The fraction of sp³-hybridized carbons (Fsp3) is 0.250. The number of nitrogens with one attached hydrogen (secondary N) is 2. The molecule has 0 spiro atoms. The Kier molecular flexibility index (Phi) is 3.73. The number of fused-ring (bicyclic) bond motifs is 3. The van der Waals surface area contributed by atoms with E-state index in [9.17, 15) is 4.79 Å². The van der Waals surface area contributed by atoms with Crippen molar-refractivity contribution in [3.63, 3.8) is 0 Å². The predicted octanol–water partition coefficient (Wildman–Crippen LogP) is 4.31. The molecule has 1 aliphatic carbocycles. The summed E-state index contributed by atoms with van der Waals surface area (Å²) >= 11 is 0. The number of aromatic nitrogens is 1. The zero-order valence-electron chi connectivity index (χ0n) is 13.7. The van der Waals surface area contributed by atoms with Crippen molar-refractivity contribution in [1.29, 1.82) is 0 Å². The Hall–Kier alpha value is -2.75. The lowest BCUT2D eigenvalue weighted by Gasteiger charge is -2.10. The third-order valence-corrected chi connectivity index (χ3v) is 4.71. The molecule has 2 aromatic carbocycles. The van der Waals surface area contributed by atoms with Crippen LogP contribution in [0.4, 0.5) is 5.69 Å². The molecule has 4 nitrogen and oxygen atoms in total. The average molecular weight is 320 g/mol. The van der Waals surface area contributed by atoms with E-state index in [0.29, 0.717) is 5.56 Å². The minimum absolute atomic E-state index is 0.104. The van der Waals surface area contributed by atoms with Gasteiger partial charge in [-0.1, -0.05) is 18.2 Å². The number of para-hydroxylation sites is 1. The van der Waals surface area contributed by atoms with Gasteiger partial charge in [0.15, 0.2) is 0 Å². The zero-order chi connectivity index (χ0) is 16.5. The van der Waals surface area contributed by atoms with Crippen LogP contribution in [0.1, 0.15) is 34.5 Å². The minimum Gasteiger partial charge on any atom is -0.497 e. The number of methoxy groups -OCH3 is 1. The van der Waals surface area contributed by atoms with Gasteiger partial charge in [-0.2, -0.15) is 0 Å². The maximum absolute atomic E-state index is 12.8. The molecule has 0 atom stereocenters. The van der Waals surface area contributed by atoms with E-state index in [1.54, 1.807) is 7.11 Å². The number of ether oxygens (including phenoxy) is 1. The van der Waals surface area contributed by atoms with E-state index in [2.05, 4.69) is 16.4 Å². The summed E-state index contributed by atoms with van der Waals surface area (Å²) in [6.45, 7) is 0. The fourth-order valence-corrected chi connectivity index (χ4v) is 3.52. The highest BCUT2D eigenvalue weighted by Crippen LogP contribution is 2.31. The van der Waals surface area contributed by atoms with E-state index in [-0.39, 0.29) is 5.91 Å². The van der Waals surface area contributed by atoms with Crippen molar-refractivity contribution in [2.75, 3.05) is 12.4 Å². The normalized spacial score (nSPS) is 13.5. The number of anilines is 1. The predicted molar refractivity (Wildman–Crippen MR) is 95.9 cm³/mol. The van der Waals surface area contributed by atoms with Crippen LogP contribution >= 0.6 is 0 Å². The summed E-state index contributed by atoms with van der Waals surface area (Å²) in [4.78, 5) is 16.3. The van der Waals surface area contributed by atoms with Crippen LogP contribution in [0.15, 0.2) is 42.5 Å². The lowest BCUT2D eigenvalue weighted by molar-refractivity contribution is 0.102. The molecule has 0 radical (unpaired) electrons. The van der Waals surface area contributed by atoms with E-state index in [1.807, 2.05) is 36.4 Å². The smallest absolute Gasteiger partial charge is 0.257 e. The molecule has 1 aromatic heterocycles. The Morgan fingerprint density at radius 2 is 1.96 bits per heavy atom. The summed E-state index contributed by atoms with van der Waals surface area (Å²) in [7, 11) is 1.62. The first kappa shape index (κ1) is 14.8. The van der Waals surface area contributed by atoms with Crippen molar-refractivity contribution in [2.45, 2.75) is 25.7 Å². The second-order valence-electron chi connectivity index (χ2n) is 6.20. The topological polar surface area (TPSA) is 54.1 Å². The third-order valence-electron chi connectivity index (χ3n) is 4.71. The SMILES string of the molecule is COc1cccc(NC(=O)c2cccc3c4c([nH]c23)CCCC4)c1. The van der Waals surface area contributed by atoms with Crippen molar-refractivity contribution in [1.82, 2.24) is 4.98 Å². The largest absolute Gasteiger partial charge is 0.497 e. The minimum atomic E-state index is -0.104. The summed E-state index contributed by atoms with van der Waals surface area (Å²) in [6.07, 6.45) is 4.60. The van der Waals surface area contributed by atoms with Crippen LogP contribution in [0, 0.1) is 0 Å². The first-order valence-electron chi connectivity index (χ1n) is 8.34. The fourth-order valence-electron chi connectivity index (χ4n) is 3.52. The van der Waals surface area contributed by atoms with Crippen molar-refractivity contribution in [3.05, 3.63) is 59.3 Å². The molecule has 1 aliphatic rings. The lowest BCUT2D eigenvalue weighted by Crippen LogP contribution is -2.12. The molecule has 2 N–H and O–H groups in total. The van der Waals surface area contributed by atoms with Crippen molar-refractivity contribution < 1.29 is 9.53 Å². The summed E-state index contributed by atoms with van der Waals surface area (Å²) in [5.74, 6) is 0.619. The van der Waals surface area contributed by atoms with E-state index >= 15 is 0 Å². The molecule has 0 bridgehead atoms.